The van der Waals surface area contributed by atoms with Crippen LogP contribution in [0.3, 0.4) is 0 Å². The Balaban J connectivity index is 2.01. The summed E-state index contributed by atoms with van der Waals surface area (Å²) in [5.41, 5.74) is 0.778. The molecule has 1 aliphatic rings. The van der Waals surface area contributed by atoms with Crippen LogP contribution < -0.4 is 15.0 Å². The minimum atomic E-state index is -0.617. The third-order valence-electron chi connectivity index (χ3n) is 3.68. The summed E-state index contributed by atoms with van der Waals surface area (Å²) in [5.74, 6) is -1.02. The lowest BCUT2D eigenvalue weighted by Crippen LogP contribution is -2.54. The number of methoxy groups -OCH3 is 1. The van der Waals surface area contributed by atoms with E-state index < -0.39 is 11.8 Å². The number of aromatic hydroxyl groups is 1. The van der Waals surface area contributed by atoms with E-state index in [0.29, 0.717) is 16.3 Å². The Morgan fingerprint density at radius 2 is 2.00 bits per heavy atom. The van der Waals surface area contributed by atoms with E-state index in [1.807, 2.05) is 0 Å². The number of carbonyl (C=O) groups is 2. The first-order valence-corrected chi connectivity index (χ1v) is 8.23. The molecule has 2 aromatic carbocycles. The molecule has 0 bridgehead atoms. The number of rotatable bonds is 3. The van der Waals surface area contributed by atoms with Crippen molar-refractivity contribution >= 4 is 52.5 Å². The van der Waals surface area contributed by atoms with Crippen molar-refractivity contribution in [3.8, 4) is 11.5 Å². The van der Waals surface area contributed by atoms with Gasteiger partial charge < -0.3 is 9.84 Å². The van der Waals surface area contributed by atoms with Gasteiger partial charge in [0, 0.05) is 5.02 Å². The van der Waals surface area contributed by atoms with Gasteiger partial charge in [0.2, 0.25) is 0 Å². The Hall–Kier alpha value is -2.90. The minimum Gasteiger partial charge on any atom is -0.504 e. The number of phenols is 1. The first-order valence-electron chi connectivity index (χ1n) is 7.44. The molecule has 1 aliphatic heterocycles. The normalized spacial score (nSPS) is 16.0. The maximum Gasteiger partial charge on any atom is 0.270 e. The van der Waals surface area contributed by atoms with E-state index in [4.69, 9.17) is 28.6 Å². The van der Waals surface area contributed by atoms with E-state index in [9.17, 15) is 14.7 Å². The van der Waals surface area contributed by atoms with Gasteiger partial charge in [-0.15, -0.1) is 0 Å². The lowest BCUT2D eigenvalue weighted by molar-refractivity contribution is -0.122. The van der Waals surface area contributed by atoms with Crippen molar-refractivity contribution in [3.63, 3.8) is 0 Å². The maximum atomic E-state index is 12.8. The van der Waals surface area contributed by atoms with Crippen LogP contribution >= 0.6 is 23.8 Å². The summed E-state index contributed by atoms with van der Waals surface area (Å²) < 4.78 is 4.98. The summed E-state index contributed by atoms with van der Waals surface area (Å²) in [6.45, 7) is 0. The third-order valence-corrected chi connectivity index (χ3v) is 4.20. The number of amides is 2. The van der Waals surface area contributed by atoms with Gasteiger partial charge in [0.15, 0.2) is 16.6 Å². The first kappa shape index (κ1) is 17.9. The van der Waals surface area contributed by atoms with E-state index in [0.717, 1.165) is 0 Å². The molecule has 0 aliphatic carbocycles. The number of ether oxygens (including phenoxy) is 1. The third kappa shape index (κ3) is 3.40. The number of hydrogen-bond donors (Lipinski definition) is 2. The van der Waals surface area contributed by atoms with Crippen LogP contribution in [0.15, 0.2) is 48.0 Å². The zero-order valence-corrected chi connectivity index (χ0v) is 15.1. The lowest BCUT2D eigenvalue weighted by Gasteiger charge is -2.29. The molecule has 6 nitrogen and oxygen atoms in total. The zero-order valence-electron chi connectivity index (χ0n) is 13.5. The molecule has 1 heterocycles. The fourth-order valence-electron chi connectivity index (χ4n) is 2.47. The summed E-state index contributed by atoms with van der Waals surface area (Å²) in [6.07, 6.45) is 1.37. The minimum absolute atomic E-state index is 0.0306. The van der Waals surface area contributed by atoms with Crippen LogP contribution in [0.4, 0.5) is 5.69 Å². The van der Waals surface area contributed by atoms with Gasteiger partial charge in [0.05, 0.1) is 12.8 Å². The molecule has 2 N–H and O–H groups in total. The Morgan fingerprint density at radius 1 is 1.23 bits per heavy atom. The standard InChI is InChI=1S/C18H13ClN2O4S/c1-25-15-6-5-10(8-14(15)22)7-13-16(23)20-18(26)21(17(13)24)12-4-2-3-11(19)9-12/h2-9,22H,1H3,(H,20,23,26)/b13-7+. The topological polar surface area (TPSA) is 78.9 Å². The monoisotopic (exact) mass is 388 g/mol. The Bertz CT molecular complexity index is 958. The number of thiocarbonyl (C=S) groups is 1. The van der Waals surface area contributed by atoms with Crippen molar-refractivity contribution in [1.29, 1.82) is 0 Å². The van der Waals surface area contributed by atoms with E-state index in [1.54, 1.807) is 30.3 Å². The highest BCUT2D eigenvalue weighted by molar-refractivity contribution is 7.80. The molecule has 2 aromatic rings. The number of phenolic OH excluding ortho intramolecular Hbond substituents is 1. The van der Waals surface area contributed by atoms with Crippen molar-refractivity contribution in [2.45, 2.75) is 0 Å². The quantitative estimate of drug-likeness (QED) is 0.480. The highest BCUT2D eigenvalue weighted by atomic mass is 35.5. The van der Waals surface area contributed by atoms with Gasteiger partial charge in [-0.3, -0.25) is 19.8 Å². The predicted octanol–water partition coefficient (Wildman–Crippen LogP) is 2.89. The molecule has 3 rings (SSSR count). The second-order valence-corrected chi connectivity index (χ2v) is 6.19. The Kier molecular flexibility index (Phi) is 4.92. The zero-order chi connectivity index (χ0) is 18.8. The molecule has 0 aromatic heterocycles. The van der Waals surface area contributed by atoms with Crippen LogP contribution in [0.1, 0.15) is 5.56 Å². The lowest BCUT2D eigenvalue weighted by atomic mass is 10.1. The van der Waals surface area contributed by atoms with Crippen LogP contribution in [0.5, 0.6) is 11.5 Å². The van der Waals surface area contributed by atoms with Crippen molar-refractivity contribution < 1.29 is 19.4 Å². The molecule has 0 unspecified atom stereocenters. The van der Waals surface area contributed by atoms with E-state index >= 15 is 0 Å². The summed E-state index contributed by atoms with van der Waals surface area (Å²) in [6, 6.07) is 11.1. The van der Waals surface area contributed by atoms with Gasteiger partial charge in [0.1, 0.15) is 5.57 Å². The summed E-state index contributed by atoms with van der Waals surface area (Å²) in [7, 11) is 1.43. The fourth-order valence-corrected chi connectivity index (χ4v) is 2.94. The highest BCUT2D eigenvalue weighted by Gasteiger charge is 2.34. The SMILES string of the molecule is COc1ccc(/C=C2\C(=O)NC(=S)N(c3cccc(Cl)c3)C2=O)cc1O. The molecule has 0 radical (unpaired) electrons. The highest BCUT2D eigenvalue weighted by Crippen LogP contribution is 2.28. The largest absolute Gasteiger partial charge is 0.504 e. The number of carbonyl (C=O) groups excluding carboxylic acids is 2. The number of benzene rings is 2. The predicted molar refractivity (Wildman–Crippen MR) is 102 cm³/mol. The van der Waals surface area contributed by atoms with Crippen LogP contribution in [0.25, 0.3) is 6.08 Å². The molecular weight excluding hydrogens is 376 g/mol. The smallest absolute Gasteiger partial charge is 0.270 e. The van der Waals surface area contributed by atoms with Crippen LogP contribution in [0.2, 0.25) is 5.02 Å². The Labute approximate surface area is 159 Å². The van der Waals surface area contributed by atoms with E-state index in [2.05, 4.69) is 5.32 Å². The van der Waals surface area contributed by atoms with Gasteiger partial charge in [-0.25, -0.2) is 0 Å². The van der Waals surface area contributed by atoms with Crippen molar-refractivity contribution in [3.05, 3.63) is 58.6 Å². The first-order chi connectivity index (χ1) is 12.4. The molecule has 132 valence electrons. The van der Waals surface area contributed by atoms with Crippen molar-refractivity contribution in [2.24, 2.45) is 0 Å². The molecule has 0 saturated carbocycles. The van der Waals surface area contributed by atoms with Crippen LogP contribution in [-0.4, -0.2) is 29.1 Å². The average Bonchev–Trinajstić information content (AvgIpc) is 2.58. The van der Waals surface area contributed by atoms with Gasteiger partial charge in [0.25, 0.3) is 11.8 Å². The van der Waals surface area contributed by atoms with Gasteiger partial charge in [-0.1, -0.05) is 23.7 Å². The average molecular weight is 389 g/mol. The van der Waals surface area contributed by atoms with Crippen LogP contribution in [0, 0.1) is 0 Å². The maximum absolute atomic E-state index is 12.8. The van der Waals surface area contributed by atoms with Gasteiger partial charge in [-0.2, -0.15) is 0 Å². The molecular formula is C18H13ClN2O4S. The fraction of sp³-hybridized carbons (Fsp3) is 0.0556. The van der Waals surface area contributed by atoms with Gasteiger partial charge in [-0.05, 0) is 54.2 Å². The molecule has 0 spiro atoms. The van der Waals surface area contributed by atoms with E-state index in [1.165, 1.54) is 30.2 Å². The molecule has 26 heavy (non-hydrogen) atoms. The summed E-state index contributed by atoms with van der Waals surface area (Å²) in [5, 5.41) is 12.8. The number of halogens is 1. The number of nitrogens with one attached hydrogen (secondary N) is 1. The second kappa shape index (κ2) is 7.15. The number of anilines is 1. The molecule has 1 fully saturated rings. The van der Waals surface area contributed by atoms with Crippen molar-refractivity contribution in [2.75, 3.05) is 12.0 Å². The summed E-state index contributed by atoms with van der Waals surface area (Å²) >= 11 is 11.1. The van der Waals surface area contributed by atoms with Crippen LogP contribution in [-0.2, 0) is 9.59 Å². The molecule has 0 atom stereocenters. The summed E-state index contributed by atoms with van der Waals surface area (Å²) in [4.78, 5) is 26.3. The molecule has 1 saturated heterocycles. The van der Waals surface area contributed by atoms with Gasteiger partial charge >= 0.3 is 0 Å². The molecule has 8 heteroatoms. The second-order valence-electron chi connectivity index (χ2n) is 5.37. The van der Waals surface area contributed by atoms with Crippen molar-refractivity contribution in [1.82, 2.24) is 5.32 Å². The number of hydrogen-bond acceptors (Lipinski definition) is 5. The molecule has 2 amide bonds. The Morgan fingerprint density at radius 3 is 2.65 bits per heavy atom. The number of nitrogens with zero attached hydrogens (tertiary/aromatic N) is 1. The van der Waals surface area contributed by atoms with E-state index in [-0.39, 0.29) is 22.2 Å².